The molecule has 3 heterocycles. The number of benzene rings is 2. The molecule has 0 radical (unpaired) electrons. The molecule has 1 aliphatic heterocycles. The highest BCUT2D eigenvalue weighted by Crippen LogP contribution is 2.41. The van der Waals surface area contributed by atoms with Crippen LogP contribution >= 0.6 is 11.3 Å². The van der Waals surface area contributed by atoms with Gasteiger partial charge in [0.15, 0.2) is 5.43 Å². The second kappa shape index (κ2) is 5.75. The predicted octanol–water partition coefficient (Wildman–Crippen LogP) is 3.10. The molecule has 1 atom stereocenters. The fourth-order valence-corrected chi connectivity index (χ4v) is 3.95. The molecule has 1 aliphatic rings. The molecule has 4 aromatic rings. The third-order valence-corrected chi connectivity index (χ3v) is 5.23. The minimum absolute atomic E-state index is 0.00646. The minimum Gasteiger partial charge on any atom is -0.508 e. The summed E-state index contributed by atoms with van der Waals surface area (Å²) in [5.74, 6) is -0.342. The summed E-state index contributed by atoms with van der Waals surface area (Å²) >= 11 is 1.20. The first-order chi connectivity index (χ1) is 13.1. The Labute approximate surface area is 156 Å². The van der Waals surface area contributed by atoms with Gasteiger partial charge in [-0.2, -0.15) is 0 Å². The highest BCUT2D eigenvalue weighted by molar-refractivity contribution is 7.13. The van der Waals surface area contributed by atoms with Crippen molar-refractivity contribution in [3.63, 3.8) is 0 Å². The number of nitrogens with zero attached hydrogens (tertiary/aromatic N) is 3. The van der Waals surface area contributed by atoms with E-state index in [0.717, 1.165) is 0 Å². The first-order valence-corrected chi connectivity index (χ1v) is 8.97. The Morgan fingerprint density at radius 2 is 1.85 bits per heavy atom. The molecule has 0 unspecified atom stereocenters. The molecule has 2 aromatic carbocycles. The SMILES string of the molecule is O=C1c2oc3ccccc3c(=O)c2[C@@H](c2ccc(O)cc2)N1c1nncs1. The fraction of sp³-hybridized carbons (Fsp3) is 0.0526. The third-order valence-electron chi connectivity index (χ3n) is 4.54. The van der Waals surface area contributed by atoms with Crippen molar-refractivity contribution < 1.29 is 14.3 Å². The standard InChI is InChI=1S/C19H11N3O4S/c23-11-7-5-10(6-8-11)15-14-16(24)12-3-1-2-4-13(12)26-17(14)18(25)22(15)19-21-20-9-27-19/h1-9,15,23H/t15-/m1/s1. The van der Waals surface area contributed by atoms with E-state index in [1.165, 1.54) is 33.9 Å². The number of aromatic hydroxyl groups is 1. The Morgan fingerprint density at radius 3 is 2.59 bits per heavy atom. The van der Waals surface area contributed by atoms with Gasteiger partial charge in [0.25, 0.3) is 5.91 Å². The second-order valence-electron chi connectivity index (χ2n) is 6.06. The molecule has 1 amide bonds. The van der Waals surface area contributed by atoms with Crippen LogP contribution in [0.5, 0.6) is 5.75 Å². The third kappa shape index (κ3) is 2.27. The van der Waals surface area contributed by atoms with E-state index in [1.54, 1.807) is 36.4 Å². The normalized spacial score (nSPS) is 16.1. The van der Waals surface area contributed by atoms with E-state index in [-0.39, 0.29) is 22.5 Å². The van der Waals surface area contributed by atoms with Crippen molar-refractivity contribution in [3.05, 3.63) is 81.2 Å². The molecule has 0 saturated heterocycles. The highest BCUT2D eigenvalue weighted by atomic mass is 32.1. The summed E-state index contributed by atoms with van der Waals surface area (Å²) in [6.07, 6.45) is 0. The van der Waals surface area contributed by atoms with Crippen LogP contribution in [0.1, 0.15) is 27.7 Å². The average molecular weight is 377 g/mol. The van der Waals surface area contributed by atoms with Crippen LogP contribution in [0.3, 0.4) is 0 Å². The summed E-state index contributed by atoms with van der Waals surface area (Å²) < 4.78 is 5.82. The molecule has 7 nitrogen and oxygen atoms in total. The number of fused-ring (bicyclic) bond motifs is 2. The maximum atomic E-state index is 13.2. The van der Waals surface area contributed by atoms with Gasteiger partial charge in [-0.15, -0.1) is 10.2 Å². The zero-order valence-electron chi connectivity index (χ0n) is 13.7. The molecule has 1 N–H and O–H groups in total. The topological polar surface area (TPSA) is 96.5 Å². The lowest BCUT2D eigenvalue weighted by molar-refractivity contribution is 0.0970. The smallest absolute Gasteiger partial charge is 0.297 e. The molecular weight excluding hydrogens is 366 g/mol. The van der Waals surface area contributed by atoms with E-state index in [2.05, 4.69) is 10.2 Å². The molecule has 5 rings (SSSR count). The number of hydrogen-bond donors (Lipinski definition) is 1. The van der Waals surface area contributed by atoms with Crippen molar-refractivity contribution in [2.75, 3.05) is 4.90 Å². The van der Waals surface area contributed by atoms with Gasteiger partial charge < -0.3 is 9.52 Å². The number of anilines is 1. The molecule has 2 aromatic heterocycles. The molecule has 0 saturated carbocycles. The van der Waals surface area contributed by atoms with E-state index >= 15 is 0 Å². The molecule has 8 heteroatoms. The van der Waals surface area contributed by atoms with Gasteiger partial charge in [0, 0.05) is 0 Å². The lowest BCUT2D eigenvalue weighted by Crippen LogP contribution is -2.29. The monoisotopic (exact) mass is 377 g/mol. The Balaban J connectivity index is 1.83. The quantitative estimate of drug-likeness (QED) is 0.577. The Morgan fingerprint density at radius 1 is 1.07 bits per heavy atom. The van der Waals surface area contributed by atoms with E-state index in [9.17, 15) is 14.7 Å². The number of phenols is 1. The minimum atomic E-state index is -0.707. The van der Waals surface area contributed by atoms with E-state index in [1.807, 2.05) is 0 Å². The fourth-order valence-electron chi connectivity index (χ4n) is 3.36. The number of phenolic OH excluding ortho intramolecular Hbond substituents is 1. The van der Waals surface area contributed by atoms with Crippen molar-refractivity contribution in [2.45, 2.75) is 6.04 Å². The van der Waals surface area contributed by atoms with Crippen molar-refractivity contribution >= 4 is 33.3 Å². The van der Waals surface area contributed by atoms with Crippen molar-refractivity contribution in [2.24, 2.45) is 0 Å². The molecule has 0 bridgehead atoms. The number of hydrogen-bond acceptors (Lipinski definition) is 7. The van der Waals surface area contributed by atoms with Gasteiger partial charge in [-0.25, -0.2) is 0 Å². The van der Waals surface area contributed by atoms with Gasteiger partial charge in [-0.1, -0.05) is 35.6 Å². The number of carbonyl (C=O) groups is 1. The Bertz CT molecular complexity index is 1230. The van der Waals surface area contributed by atoms with Gasteiger partial charge in [0.1, 0.15) is 16.8 Å². The predicted molar refractivity (Wildman–Crippen MR) is 99.2 cm³/mol. The summed E-state index contributed by atoms with van der Waals surface area (Å²) in [7, 11) is 0. The molecular formula is C19H11N3O4S. The number of carbonyl (C=O) groups excluding carboxylic acids is 1. The van der Waals surface area contributed by atoms with Gasteiger partial charge in [-0.05, 0) is 29.8 Å². The summed E-state index contributed by atoms with van der Waals surface area (Å²) in [6, 6.07) is 12.5. The second-order valence-corrected chi connectivity index (χ2v) is 6.87. The summed E-state index contributed by atoms with van der Waals surface area (Å²) in [5, 5.41) is 18.2. The summed E-state index contributed by atoms with van der Waals surface area (Å²) in [4.78, 5) is 27.8. The van der Waals surface area contributed by atoms with E-state index in [0.29, 0.717) is 21.7 Å². The van der Waals surface area contributed by atoms with Crippen LogP contribution in [-0.4, -0.2) is 21.2 Å². The first-order valence-electron chi connectivity index (χ1n) is 8.09. The Kier molecular flexibility index (Phi) is 3.34. The molecule has 0 aliphatic carbocycles. The molecule has 0 fully saturated rings. The van der Waals surface area contributed by atoms with Crippen LogP contribution < -0.4 is 10.3 Å². The summed E-state index contributed by atoms with van der Waals surface area (Å²) in [5.41, 5.74) is 2.55. The number of amides is 1. The highest BCUT2D eigenvalue weighted by Gasteiger charge is 2.44. The summed E-state index contributed by atoms with van der Waals surface area (Å²) in [6.45, 7) is 0. The van der Waals surface area contributed by atoms with Crippen LogP contribution in [0, 0.1) is 0 Å². The molecule has 27 heavy (non-hydrogen) atoms. The number of rotatable bonds is 2. The zero-order valence-corrected chi connectivity index (χ0v) is 14.5. The largest absolute Gasteiger partial charge is 0.508 e. The zero-order chi connectivity index (χ0) is 18.5. The molecule has 132 valence electrons. The van der Waals surface area contributed by atoms with Crippen LogP contribution in [0.2, 0.25) is 0 Å². The van der Waals surface area contributed by atoms with E-state index < -0.39 is 11.9 Å². The van der Waals surface area contributed by atoms with Gasteiger partial charge in [0.2, 0.25) is 10.9 Å². The lowest BCUT2D eigenvalue weighted by atomic mass is 9.98. The number of para-hydroxylation sites is 1. The lowest BCUT2D eigenvalue weighted by Gasteiger charge is -2.22. The molecule has 0 spiro atoms. The van der Waals surface area contributed by atoms with Crippen LogP contribution in [-0.2, 0) is 0 Å². The first kappa shape index (κ1) is 15.7. The van der Waals surface area contributed by atoms with Gasteiger partial charge in [-0.3, -0.25) is 14.5 Å². The van der Waals surface area contributed by atoms with Gasteiger partial charge in [0.05, 0.1) is 17.0 Å². The Hall–Kier alpha value is -3.52. The van der Waals surface area contributed by atoms with Gasteiger partial charge >= 0.3 is 0 Å². The maximum absolute atomic E-state index is 13.2. The van der Waals surface area contributed by atoms with Crippen molar-refractivity contribution in [1.29, 1.82) is 0 Å². The van der Waals surface area contributed by atoms with Crippen molar-refractivity contribution in [1.82, 2.24) is 10.2 Å². The van der Waals surface area contributed by atoms with Crippen LogP contribution in [0.25, 0.3) is 11.0 Å². The number of aromatic nitrogens is 2. The average Bonchev–Trinajstić information content (AvgIpc) is 3.30. The van der Waals surface area contributed by atoms with E-state index in [4.69, 9.17) is 4.42 Å². The van der Waals surface area contributed by atoms with Crippen molar-refractivity contribution in [3.8, 4) is 5.75 Å². The maximum Gasteiger partial charge on any atom is 0.297 e. The van der Waals surface area contributed by atoms with Crippen LogP contribution in [0.4, 0.5) is 5.13 Å². The van der Waals surface area contributed by atoms with Crippen LogP contribution in [0.15, 0.2) is 63.3 Å².